The third-order valence-electron chi connectivity index (χ3n) is 3.03. The average molecular weight is 271 g/mol. The summed E-state index contributed by atoms with van der Waals surface area (Å²) in [6.45, 7) is 2.19. The molecule has 0 spiro atoms. The van der Waals surface area contributed by atoms with Crippen molar-refractivity contribution in [2.75, 3.05) is 19.8 Å². The van der Waals surface area contributed by atoms with Gasteiger partial charge in [-0.1, -0.05) is 30.3 Å². The van der Waals surface area contributed by atoms with Gasteiger partial charge in [0, 0.05) is 19.1 Å². The maximum absolute atomic E-state index is 11.8. The van der Waals surface area contributed by atoms with Crippen LogP contribution < -0.4 is 11.1 Å². The molecule has 0 aromatic heterocycles. The molecule has 1 heterocycles. The highest BCUT2D eigenvalue weighted by atomic mass is 35.5. The number of rotatable bonds is 4. The van der Waals surface area contributed by atoms with E-state index in [-0.39, 0.29) is 18.3 Å². The minimum atomic E-state index is -0.585. The first-order valence-electron chi connectivity index (χ1n) is 5.93. The Bertz CT molecular complexity index is 367. The highest BCUT2D eigenvalue weighted by Gasteiger charge is 2.19. The lowest BCUT2D eigenvalue weighted by molar-refractivity contribution is -0.122. The van der Waals surface area contributed by atoms with Crippen LogP contribution >= 0.6 is 12.4 Å². The summed E-state index contributed by atoms with van der Waals surface area (Å²) in [6.07, 6.45) is 1.01. The second-order valence-electron chi connectivity index (χ2n) is 4.36. The van der Waals surface area contributed by atoms with Gasteiger partial charge in [0.25, 0.3) is 0 Å². The van der Waals surface area contributed by atoms with Gasteiger partial charge in [0.1, 0.15) is 6.04 Å². The molecule has 3 N–H and O–H groups in total. The van der Waals surface area contributed by atoms with Crippen LogP contribution in [-0.4, -0.2) is 25.7 Å². The van der Waals surface area contributed by atoms with Crippen molar-refractivity contribution in [3.05, 3.63) is 35.9 Å². The van der Waals surface area contributed by atoms with Crippen LogP contribution in [0.15, 0.2) is 30.3 Å². The molecule has 1 saturated heterocycles. The highest BCUT2D eigenvalue weighted by Crippen LogP contribution is 2.12. The fourth-order valence-corrected chi connectivity index (χ4v) is 1.91. The molecule has 2 atom stereocenters. The Kier molecular flexibility index (Phi) is 6.12. The number of hydrogen-bond donors (Lipinski definition) is 2. The molecule has 18 heavy (non-hydrogen) atoms. The number of amides is 1. The van der Waals surface area contributed by atoms with E-state index >= 15 is 0 Å². The summed E-state index contributed by atoms with van der Waals surface area (Å²) in [6, 6.07) is 8.81. The van der Waals surface area contributed by atoms with Gasteiger partial charge in [0.05, 0.1) is 6.61 Å². The van der Waals surface area contributed by atoms with Crippen molar-refractivity contribution in [1.82, 2.24) is 5.32 Å². The van der Waals surface area contributed by atoms with Crippen molar-refractivity contribution >= 4 is 18.3 Å². The molecular weight excluding hydrogens is 252 g/mol. The van der Waals surface area contributed by atoms with E-state index in [9.17, 15) is 4.79 Å². The van der Waals surface area contributed by atoms with Gasteiger partial charge < -0.3 is 15.8 Å². The van der Waals surface area contributed by atoms with Gasteiger partial charge in [0.15, 0.2) is 0 Å². The van der Waals surface area contributed by atoms with Crippen LogP contribution in [0.1, 0.15) is 18.0 Å². The summed E-state index contributed by atoms with van der Waals surface area (Å²) in [5, 5.41) is 2.88. The smallest absolute Gasteiger partial charge is 0.241 e. The van der Waals surface area contributed by atoms with Crippen LogP contribution in [0.2, 0.25) is 0 Å². The zero-order valence-corrected chi connectivity index (χ0v) is 11.0. The summed E-state index contributed by atoms with van der Waals surface area (Å²) in [5.41, 5.74) is 6.72. The van der Waals surface area contributed by atoms with Crippen molar-refractivity contribution in [2.45, 2.75) is 12.5 Å². The molecule has 0 saturated carbocycles. The summed E-state index contributed by atoms with van der Waals surface area (Å²) in [5.74, 6) is 0.310. The first-order chi connectivity index (χ1) is 8.27. The van der Waals surface area contributed by atoms with Gasteiger partial charge in [-0.25, -0.2) is 0 Å². The van der Waals surface area contributed by atoms with Crippen molar-refractivity contribution in [2.24, 2.45) is 11.7 Å². The van der Waals surface area contributed by atoms with E-state index in [1.54, 1.807) is 0 Å². The molecular formula is C13H19ClN2O2. The molecule has 0 bridgehead atoms. The van der Waals surface area contributed by atoms with E-state index in [0.717, 1.165) is 25.2 Å². The van der Waals surface area contributed by atoms with Crippen LogP contribution in [-0.2, 0) is 9.53 Å². The van der Waals surface area contributed by atoms with Crippen LogP contribution in [0.4, 0.5) is 0 Å². The van der Waals surface area contributed by atoms with Crippen LogP contribution in [0, 0.1) is 5.92 Å². The maximum atomic E-state index is 11.8. The van der Waals surface area contributed by atoms with E-state index in [0.29, 0.717) is 12.5 Å². The number of carbonyl (C=O) groups is 1. The maximum Gasteiger partial charge on any atom is 0.241 e. The van der Waals surface area contributed by atoms with Crippen LogP contribution in [0.3, 0.4) is 0 Å². The van der Waals surface area contributed by atoms with E-state index in [1.165, 1.54) is 0 Å². The van der Waals surface area contributed by atoms with Crippen LogP contribution in [0.5, 0.6) is 0 Å². The Morgan fingerprint density at radius 3 is 2.78 bits per heavy atom. The van der Waals surface area contributed by atoms with Gasteiger partial charge in [-0.05, 0) is 12.0 Å². The fourth-order valence-electron chi connectivity index (χ4n) is 1.91. The summed E-state index contributed by atoms with van der Waals surface area (Å²) in [7, 11) is 0. The Morgan fingerprint density at radius 1 is 1.44 bits per heavy atom. The minimum absolute atomic E-state index is 0. The molecule has 0 aliphatic carbocycles. The third-order valence-corrected chi connectivity index (χ3v) is 3.03. The fraction of sp³-hybridized carbons (Fsp3) is 0.462. The number of halogens is 1. The van der Waals surface area contributed by atoms with E-state index in [1.807, 2.05) is 30.3 Å². The molecule has 1 aromatic rings. The quantitative estimate of drug-likeness (QED) is 0.866. The molecule has 1 amide bonds. The monoisotopic (exact) mass is 270 g/mol. The van der Waals surface area contributed by atoms with Crippen molar-refractivity contribution in [1.29, 1.82) is 0 Å². The standard InChI is InChI=1S/C13H18N2O2.ClH/c14-12(11-4-2-1-3-5-11)13(16)15-8-10-6-7-17-9-10;/h1-5,10,12H,6-9,14H2,(H,15,16);1H. The number of hydrogen-bond acceptors (Lipinski definition) is 3. The summed E-state index contributed by atoms with van der Waals surface area (Å²) >= 11 is 0. The molecule has 1 aromatic carbocycles. The molecule has 1 fully saturated rings. The van der Waals surface area contributed by atoms with Crippen LogP contribution in [0.25, 0.3) is 0 Å². The Labute approximate surface area is 113 Å². The Morgan fingerprint density at radius 2 is 2.17 bits per heavy atom. The van der Waals surface area contributed by atoms with Crippen molar-refractivity contribution in [3.63, 3.8) is 0 Å². The van der Waals surface area contributed by atoms with Gasteiger partial charge in [-0.3, -0.25) is 4.79 Å². The SMILES string of the molecule is Cl.NC(C(=O)NCC1CCOC1)c1ccccc1. The summed E-state index contributed by atoms with van der Waals surface area (Å²) in [4.78, 5) is 11.8. The molecule has 0 radical (unpaired) electrons. The van der Waals surface area contributed by atoms with Gasteiger partial charge in [-0.2, -0.15) is 0 Å². The molecule has 1 aliphatic heterocycles. The Hall–Kier alpha value is -1.10. The lowest BCUT2D eigenvalue weighted by atomic mass is 10.1. The van der Waals surface area contributed by atoms with E-state index < -0.39 is 6.04 Å². The molecule has 5 heteroatoms. The van der Waals surface area contributed by atoms with E-state index in [4.69, 9.17) is 10.5 Å². The highest BCUT2D eigenvalue weighted by molar-refractivity contribution is 5.85. The van der Waals surface area contributed by atoms with Gasteiger partial charge in [-0.15, -0.1) is 12.4 Å². The topological polar surface area (TPSA) is 64.4 Å². The summed E-state index contributed by atoms with van der Waals surface area (Å²) < 4.78 is 5.25. The average Bonchev–Trinajstić information content (AvgIpc) is 2.89. The second kappa shape index (κ2) is 7.36. The molecule has 4 nitrogen and oxygen atoms in total. The number of benzene rings is 1. The first kappa shape index (κ1) is 15.0. The third kappa shape index (κ3) is 3.98. The van der Waals surface area contributed by atoms with E-state index in [2.05, 4.69) is 5.32 Å². The molecule has 2 rings (SSSR count). The van der Waals surface area contributed by atoms with Gasteiger partial charge in [0.2, 0.25) is 5.91 Å². The number of carbonyl (C=O) groups excluding carboxylic acids is 1. The predicted octanol–water partition coefficient (Wildman–Crippen LogP) is 1.26. The zero-order chi connectivity index (χ0) is 12.1. The predicted molar refractivity (Wildman–Crippen MR) is 72.6 cm³/mol. The number of ether oxygens (including phenoxy) is 1. The lowest BCUT2D eigenvalue weighted by Gasteiger charge is -2.14. The second-order valence-corrected chi connectivity index (χ2v) is 4.36. The molecule has 2 unspecified atom stereocenters. The first-order valence-corrected chi connectivity index (χ1v) is 5.93. The lowest BCUT2D eigenvalue weighted by Crippen LogP contribution is -2.37. The number of nitrogens with one attached hydrogen (secondary N) is 1. The minimum Gasteiger partial charge on any atom is -0.381 e. The Balaban J connectivity index is 0.00000162. The zero-order valence-electron chi connectivity index (χ0n) is 10.2. The number of nitrogens with two attached hydrogens (primary N) is 1. The molecule has 1 aliphatic rings. The molecule has 100 valence electrons. The van der Waals surface area contributed by atoms with Gasteiger partial charge >= 0.3 is 0 Å². The van der Waals surface area contributed by atoms with Crippen molar-refractivity contribution in [3.8, 4) is 0 Å². The largest absolute Gasteiger partial charge is 0.381 e. The normalized spacial score (nSPS) is 19.9. The van der Waals surface area contributed by atoms with Crippen molar-refractivity contribution < 1.29 is 9.53 Å².